The van der Waals surface area contributed by atoms with Crippen LogP contribution in [-0.4, -0.2) is 45.8 Å². The van der Waals surface area contributed by atoms with Gasteiger partial charge >= 0.3 is 0 Å². The van der Waals surface area contributed by atoms with Gasteiger partial charge in [-0.3, -0.25) is 14.5 Å². The lowest BCUT2D eigenvalue weighted by Crippen LogP contribution is -2.36. The van der Waals surface area contributed by atoms with Crippen LogP contribution < -0.4 is 15.4 Å². The van der Waals surface area contributed by atoms with Gasteiger partial charge in [-0.1, -0.05) is 31.9 Å². The minimum atomic E-state index is -3.59. The maximum atomic E-state index is 12.7. The third-order valence-corrected chi connectivity index (χ3v) is 6.49. The lowest BCUT2D eigenvalue weighted by Gasteiger charge is -2.15. The van der Waals surface area contributed by atoms with Crippen LogP contribution in [0.3, 0.4) is 0 Å². The number of amidine groups is 1. The van der Waals surface area contributed by atoms with Gasteiger partial charge < -0.3 is 10.6 Å². The first-order valence-corrected chi connectivity index (χ1v) is 11.2. The van der Waals surface area contributed by atoms with Crippen LogP contribution in [-0.2, 0) is 14.8 Å². The number of sulfonamides is 1. The summed E-state index contributed by atoms with van der Waals surface area (Å²) in [5.74, 6) is 0.742. The fourth-order valence-corrected chi connectivity index (χ4v) is 4.75. The van der Waals surface area contributed by atoms with Crippen LogP contribution >= 0.6 is 0 Å². The lowest BCUT2D eigenvalue weighted by molar-refractivity contribution is -0.122. The summed E-state index contributed by atoms with van der Waals surface area (Å²) in [6.07, 6.45) is 4.50. The average Bonchev–Trinajstić information content (AvgIpc) is 3.25. The fraction of sp³-hybridized carbons (Fsp3) is 0.579. The van der Waals surface area contributed by atoms with Gasteiger partial charge in [0.2, 0.25) is 5.91 Å². The smallest absolute Gasteiger partial charge is 0.263 e. The van der Waals surface area contributed by atoms with Crippen molar-refractivity contribution >= 4 is 21.8 Å². The molecule has 1 saturated heterocycles. The van der Waals surface area contributed by atoms with E-state index in [9.17, 15) is 13.2 Å². The number of rotatable bonds is 8. The van der Waals surface area contributed by atoms with E-state index in [1.165, 1.54) is 0 Å². The van der Waals surface area contributed by atoms with E-state index >= 15 is 0 Å². The summed E-state index contributed by atoms with van der Waals surface area (Å²) in [4.78, 5) is 17.4. The highest BCUT2D eigenvalue weighted by Crippen LogP contribution is 2.23. The molecule has 1 aromatic rings. The lowest BCUT2D eigenvalue weighted by atomic mass is 10.0. The molecule has 3 N–H and O–H groups in total. The number of carbonyl (C=O) groups excluding carboxylic acids is 1. The molecule has 2 unspecified atom stereocenters. The Balaban J connectivity index is 1.70. The maximum absolute atomic E-state index is 12.7. The SMILES string of the molecule is CCCCC(N=C1NS(=O)(=O)c2ccccc21)C(=O)NCCC1CCNC1. The van der Waals surface area contributed by atoms with Crippen LogP contribution in [0.5, 0.6) is 0 Å². The minimum Gasteiger partial charge on any atom is -0.354 e. The van der Waals surface area contributed by atoms with E-state index in [1.54, 1.807) is 24.3 Å². The van der Waals surface area contributed by atoms with Gasteiger partial charge in [-0.15, -0.1) is 0 Å². The Morgan fingerprint density at radius 3 is 2.93 bits per heavy atom. The molecule has 0 aliphatic carbocycles. The normalized spacial score (nSPS) is 23.0. The number of aliphatic imine (C=N–C) groups is 1. The van der Waals surface area contributed by atoms with E-state index in [0.29, 0.717) is 24.4 Å². The molecule has 0 aromatic heterocycles. The van der Waals surface area contributed by atoms with E-state index < -0.39 is 16.1 Å². The molecule has 3 rings (SSSR count). The van der Waals surface area contributed by atoms with Crippen LogP contribution in [0.4, 0.5) is 0 Å². The Hall–Kier alpha value is -1.93. The molecule has 2 aliphatic heterocycles. The second-order valence-electron chi connectivity index (χ2n) is 7.18. The second-order valence-corrected chi connectivity index (χ2v) is 8.83. The zero-order chi connectivity index (χ0) is 19.3. The molecular weight excluding hydrogens is 364 g/mol. The van der Waals surface area contributed by atoms with Crippen molar-refractivity contribution in [2.45, 2.75) is 50.0 Å². The van der Waals surface area contributed by atoms with Gasteiger partial charge in [0.1, 0.15) is 11.9 Å². The highest BCUT2D eigenvalue weighted by molar-refractivity contribution is 7.90. The summed E-state index contributed by atoms with van der Waals surface area (Å²) < 4.78 is 27.0. The standard InChI is InChI=1S/C19H28N4O3S/c1-2-3-7-16(19(24)21-12-10-14-9-11-20-13-14)22-18-15-6-4-5-8-17(15)27(25,26)23-18/h4-6,8,14,16,20H,2-3,7,9-13H2,1H3,(H,21,24)(H,22,23). The van der Waals surface area contributed by atoms with Gasteiger partial charge in [0.15, 0.2) is 0 Å². The molecule has 148 valence electrons. The molecule has 1 amide bonds. The molecule has 7 nitrogen and oxygen atoms in total. The Morgan fingerprint density at radius 1 is 1.37 bits per heavy atom. The predicted octanol–water partition coefficient (Wildman–Crippen LogP) is 1.40. The number of carbonyl (C=O) groups is 1. The summed E-state index contributed by atoms with van der Waals surface area (Å²) in [6, 6.07) is 6.13. The van der Waals surface area contributed by atoms with Crippen LogP contribution in [0, 0.1) is 5.92 Å². The molecule has 27 heavy (non-hydrogen) atoms. The molecule has 2 atom stereocenters. The Labute approximate surface area is 161 Å². The number of nitrogens with one attached hydrogen (secondary N) is 3. The molecular formula is C19H28N4O3S. The number of benzene rings is 1. The number of hydrogen-bond acceptors (Lipinski definition) is 5. The second kappa shape index (κ2) is 8.84. The van der Waals surface area contributed by atoms with Crippen molar-refractivity contribution in [3.05, 3.63) is 29.8 Å². The Bertz CT molecular complexity index is 801. The van der Waals surface area contributed by atoms with Crippen molar-refractivity contribution in [3.63, 3.8) is 0 Å². The first-order valence-electron chi connectivity index (χ1n) is 9.69. The molecule has 2 heterocycles. The zero-order valence-electron chi connectivity index (χ0n) is 15.7. The van der Waals surface area contributed by atoms with Gasteiger partial charge in [-0.05, 0) is 50.4 Å². The quantitative estimate of drug-likeness (QED) is 0.623. The van der Waals surface area contributed by atoms with E-state index in [0.717, 1.165) is 38.8 Å². The van der Waals surface area contributed by atoms with Crippen molar-refractivity contribution in [1.82, 2.24) is 15.4 Å². The number of unbranched alkanes of at least 4 members (excludes halogenated alkanes) is 1. The van der Waals surface area contributed by atoms with Gasteiger partial charge in [0.05, 0.1) is 4.90 Å². The molecule has 0 spiro atoms. The first kappa shape index (κ1) is 19.8. The number of nitrogens with zero attached hydrogens (tertiary/aromatic N) is 1. The summed E-state index contributed by atoms with van der Waals surface area (Å²) in [6.45, 7) is 4.74. The molecule has 1 fully saturated rings. The fourth-order valence-electron chi connectivity index (χ4n) is 3.52. The average molecular weight is 393 g/mol. The van der Waals surface area contributed by atoms with Crippen LogP contribution in [0.15, 0.2) is 34.2 Å². The Morgan fingerprint density at radius 2 is 2.19 bits per heavy atom. The predicted molar refractivity (Wildman–Crippen MR) is 105 cm³/mol. The van der Waals surface area contributed by atoms with Crippen molar-refractivity contribution in [2.75, 3.05) is 19.6 Å². The molecule has 0 bridgehead atoms. The minimum absolute atomic E-state index is 0.134. The summed E-state index contributed by atoms with van der Waals surface area (Å²) in [5, 5.41) is 6.31. The largest absolute Gasteiger partial charge is 0.354 e. The van der Waals surface area contributed by atoms with Gasteiger partial charge in [-0.25, -0.2) is 8.42 Å². The highest BCUT2D eigenvalue weighted by Gasteiger charge is 2.31. The highest BCUT2D eigenvalue weighted by atomic mass is 32.2. The van der Waals surface area contributed by atoms with Crippen LogP contribution in [0.1, 0.15) is 44.6 Å². The Kier molecular flexibility index (Phi) is 6.49. The summed E-state index contributed by atoms with van der Waals surface area (Å²) in [7, 11) is -3.59. The molecule has 2 aliphatic rings. The number of amides is 1. The third-order valence-electron chi connectivity index (χ3n) is 5.10. The van der Waals surface area contributed by atoms with Gasteiger partial charge in [-0.2, -0.15) is 0 Å². The topological polar surface area (TPSA) is 99.7 Å². The van der Waals surface area contributed by atoms with Gasteiger partial charge in [0.25, 0.3) is 10.0 Å². The zero-order valence-corrected chi connectivity index (χ0v) is 16.5. The van der Waals surface area contributed by atoms with Crippen molar-refractivity contribution in [2.24, 2.45) is 10.9 Å². The van der Waals surface area contributed by atoms with Crippen LogP contribution in [0.25, 0.3) is 0 Å². The van der Waals surface area contributed by atoms with E-state index in [2.05, 4.69) is 27.3 Å². The van der Waals surface area contributed by atoms with E-state index in [-0.39, 0.29) is 16.6 Å². The van der Waals surface area contributed by atoms with E-state index in [4.69, 9.17) is 0 Å². The van der Waals surface area contributed by atoms with Crippen molar-refractivity contribution < 1.29 is 13.2 Å². The van der Waals surface area contributed by atoms with Crippen molar-refractivity contribution in [1.29, 1.82) is 0 Å². The molecule has 0 saturated carbocycles. The van der Waals surface area contributed by atoms with E-state index in [1.807, 2.05) is 0 Å². The number of fused-ring (bicyclic) bond motifs is 1. The molecule has 0 radical (unpaired) electrons. The molecule has 1 aromatic carbocycles. The van der Waals surface area contributed by atoms with Crippen LogP contribution in [0.2, 0.25) is 0 Å². The van der Waals surface area contributed by atoms with Gasteiger partial charge in [0, 0.05) is 12.1 Å². The first-order chi connectivity index (χ1) is 13.0. The molecule has 8 heteroatoms. The summed E-state index contributed by atoms with van der Waals surface area (Å²) in [5.41, 5.74) is 0.531. The summed E-state index contributed by atoms with van der Waals surface area (Å²) >= 11 is 0. The third kappa shape index (κ3) is 4.87. The monoisotopic (exact) mass is 392 g/mol. The number of hydrogen-bond donors (Lipinski definition) is 3. The maximum Gasteiger partial charge on any atom is 0.263 e. The van der Waals surface area contributed by atoms with Crippen molar-refractivity contribution in [3.8, 4) is 0 Å².